The van der Waals surface area contributed by atoms with Crippen molar-refractivity contribution in [3.8, 4) is 5.75 Å². The Balaban J connectivity index is 1.67. The maximum absolute atomic E-state index is 13.8. The summed E-state index contributed by atoms with van der Waals surface area (Å²) in [6.45, 7) is 2.60. The van der Waals surface area contributed by atoms with Gasteiger partial charge in [0, 0.05) is 22.7 Å². The first-order valence-corrected chi connectivity index (χ1v) is 11.6. The van der Waals surface area contributed by atoms with Crippen molar-refractivity contribution in [1.29, 1.82) is 0 Å². The molecule has 0 spiro atoms. The van der Waals surface area contributed by atoms with Crippen LogP contribution < -0.4 is 9.91 Å². The fraction of sp³-hybridized carbons (Fsp3) is 0.417. The van der Waals surface area contributed by atoms with Gasteiger partial charge in [-0.3, -0.25) is 9.80 Å². The minimum Gasteiger partial charge on any atom is -0.508 e. The normalized spacial score (nSPS) is 19.8. The van der Waals surface area contributed by atoms with Crippen LogP contribution in [0.3, 0.4) is 0 Å². The maximum Gasteiger partial charge on any atom is 0.275 e. The summed E-state index contributed by atoms with van der Waals surface area (Å²) in [5.74, 6) is 0.0782. The first-order valence-electron chi connectivity index (χ1n) is 10.9. The van der Waals surface area contributed by atoms with E-state index in [2.05, 4.69) is 0 Å². The Bertz CT molecular complexity index is 969. The molecule has 1 N–H and O–H groups in total. The largest absolute Gasteiger partial charge is 0.508 e. The second-order valence-electron chi connectivity index (χ2n) is 8.40. The number of phenols is 1. The molecule has 2 aromatic rings. The van der Waals surface area contributed by atoms with Gasteiger partial charge in [0.25, 0.3) is 5.91 Å². The number of rotatable bonds is 4. The molecule has 0 radical (unpaired) electrons. The molecule has 4 rings (SSSR count). The van der Waals surface area contributed by atoms with E-state index in [9.17, 15) is 9.90 Å². The number of anilines is 2. The highest BCUT2D eigenvalue weighted by molar-refractivity contribution is 6.45. The Morgan fingerprint density at radius 2 is 1.74 bits per heavy atom. The van der Waals surface area contributed by atoms with Gasteiger partial charge >= 0.3 is 0 Å². The van der Waals surface area contributed by atoms with Gasteiger partial charge in [0.15, 0.2) is 0 Å². The van der Waals surface area contributed by atoms with Gasteiger partial charge < -0.3 is 10.0 Å². The molecule has 1 aliphatic heterocycles. The second-order valence-corrected chi connectivity index (χ2v) is 9.24. The number of hydrazone groups is 1. The lowest BCUT2D eigenvalue weighted by Crippen LogP contribution is -2.45. The molecule has 1 atom stereocenters. The van der Waals surface area contributed by atoms with Crippen molar-refractivity contribution < 1.29 is 9.90 Å². The molecule has 0 aromatic heterocycles. The number of halogens is 2. The molecule has 1 unspecified atom stereocenters. The van der Waals surface area contributed by atoms with Crippen molar-refractivity contribution in [3.05, 3.63) is 52.5 Å². The number of nitrogens with zero attached hydrogens (tertiary/aromatic N) is 3. The lowest BCUT2D eigenvalue weighted by Gasteiger charge is -2.32. The van der Waals surface area contributed by atoms with Crippen molar-refractivity contribution in [1.82, 2.24) is 0 Å². The molecule has 0 bridgehead atoms. The third-order valence-corrected chi connectivity index (χ3v) is 6.62. The molecule has 2 aliphatic rings. The highest BCUT2D eigenvalue weighted by atomic mass is 35.5. The Morgan fingerprint density at radius 3 is 2.39 bits per heavy atom. The highest BCUT2D eigenvalue weighted by Gasteiger charge is 2.36. The lowest BCUT2D eigenvalue weighted by atomic mass is 10.0. The van der Waals surface area contributed by atoms with E-state index in [0.717, 1.165) is 37.1 Å². The van der Waals surface area contributed by atoms with Gasteiger partial charge in [0.05, 0.1) is 17.3 Å². The average Bonchev–Trinajstić information content (AvgIpc) is 2.94. The SMILES string of the molecule is CC1CN(c2ccc(Cl)cc2Cl)N=C1C(=O)N(c1ccc(O)cc1)C1CCCCCC1. The summed E-state index contributed by atoms with van der Waals surface area (Å²) in [6, 6.07) is 12.3. The Hall–Kier alpha value is -2.24. The quantitative estimate of drug-likeness (QED) is 0.548. The van der Waals surface area contributed by atoms with Crippen molar-refractivity contribution in [2.24, 2.45) is 11.0 Å². The van der Waals surface area contributed by atoms with E-state index in [4.69, 9.17) is 28.3 Å². The summed E-state index contributed by atoms with van der Waals surface area (Å²) in [4.78, 5) is 15.7. The maximum atomic E-state index is 13.8. The van der Waals surface area contributed by atoms with Crippen molar-refractivity contribution in [3.63, 3.8) is 0 Å². The molecule has 1 amide bonds. The smallest absolute Gasteiger partial charge is 0.275 e. The Labute approximate surface area is 193 Å². The van der Waals surface area contributed by atoms with E-state index in [1.165, 1.54) is 12.8 Å². The summed E-state index contributed by atoms with van der Waals surface area (Å²) in [5.41, 5.74) is 2.07. The predicted octanol–water partition coefficient (Wildman–Crippen LogP) is 6.27. The zero-order chi connectivity index (χ0) is 22.0. The number of hydrogen-bond donors (Lipinski definition) is 1. The molecular weight excluding hydrogens is 433 g/mol. The van der Waals surface area contributed by atoms with Crippen molar-refractivity contribution in [2.45, 2.75) is 51.5 Å². The van der Waals surface area contributed by atoms with E-state index < -0.39 is 0 Å². The van der Waals surface area contributed by atoms with Gasteiger partial charge in [0.1, 0.15) is 11.5 Å². The van der Waals surface area contributed by atoms with E-state index in [-0.39, 0.29) is 23.6 Å². The molecule has 2 aromatic carbocycles. The van der Waals surface area contributed by atoms with Crippen LogP contribution in [0.25, 0.3) is 0 Å². The minimum absolute atomic E-state index is 0.0374. The zero-order valence-electron chi connectivity index (χ0n) is 17.6. The van der Waals surface area contributed by atoms with E-state index in [0.29, 0.717) is 22.3 Å². The number of aromatic hydroxyl groups is 1. The second kappa shape index (κ2) is 9.49. The molecule has 7 heteroatoms. The number of carbonyl (C=O) groups excluding carboxylic acids is 1. The topological polar surface area (TPSA) is 56.1 Å². The van der Waals surface area contributed by atoms with Crippen LogP contribution in [0.5, 0.6) is 5.75 Å². The molecule has 1 aliphatic carbocycles. The van der Waals surface area contributed by atoms with Crippen LogP contribution in [0.15, 0.2) is 47.6 Å². The standard InChI is InChI=1S/C24H27Cl2N3O2/c1-16-15-28(22-13-8-17(25)14-21(22)26)27-23(16)24(31)29(18-6-4-2-3-5-7-18)19-9-11-20(30)12-10-19/h8-14,16,18,30H,2-7,15H2,1H3. The van der Waals surface area contributed by atoms with Crippen LogP contribution in [-0.2, 0) is 4.79 Å². The van der Waals surface area contributed by atoms with Crippen LogP contribution in [0.1, 0.15) is 45.4 Å². The Kier molecular flexibility index (Phi) is 6.73. The van der Waals surface area contributed by atoms with Gasteiger partial charge in [-0.25, -0.2) is 0 Å². The van der Waals surface area contributed by atoms with E-state index in [1.807, 2.05) is 30.0 Å². The highest BCUT2D eigenvalue weighted by Crippen LogP contribution is 2.34. The van der Waals surface area contributed by atoms with Crippen LogP contribution in [0, 0.1) is 5.92 Å². The number of carbonyl (C=O) groups is 1. The van der Waals surface area contributed by atoms with Crippen LogP contribution in [0.2, 0.25) is 10.0 Å². The number of hydrogen-bond acceptors (Lipinski definition) is 4. The van der Waals surface area contributed by atoms with Gasteiger partial charge in [-0.2, -0.15) is 5.10 Å². The minimum atomic E-state index is -0.0716. The summed E-state index contributed by atoms with van der Waals surface area (Å²) >= 11 is 12.4. The molecule has 164 valence electrons. The predicted molar refractivity (Wildman–Crippen MR) is 127 cm³/mol. The van der Waals surface area contributed by atoms with Crippen molar-refractivity contribution in [2.75, 3.05) is 16.5 Å². The molecule has 31 heavy (non-hydrogen) atoms. The molecule has 0 saturated heterocycles. The lowest BCUT2D eigenvalue weighted by molar-refractivity contribution is -0.113. The van der Waals surface area contributed by atoms with Gasteiger partial charge in [-0.1, -0.05) is 55.8 Å². The summed E-state index contributed by atoms with van der Waals surface area (Å²) in [7, 11) is 0. The molecule has 5 nitrogen and oxygen atoms in total. The van der Waals surface area contributed by atoms with Crippen LogP contribution >= 0.6 is 23.2 Å². The van der Waals surface area contributed by atoms with E-state index in [1.54, 1.807) is 29.3 Å². The molecule has 1 heterocycles. The summed E-state index contributed by atoms with van der Waals surface area (Å²) in [5, 5.41) is 17.3. The summed E-state index contributed by atoms with van der Waals surface area (Å²) in [6.07, 6.45) is 6.58. The molecular formula is C24H27Cl2N3O2. The fourth-order valence-corrected chi connectivity index (χ4v) is 4.96. The fourth-order valence-electron chi connectivity index (χ4n) is 4.46. The summed E-state index contributed by atoms with van der Waals surface area (Å²) < 4.78 is 0. The van der Waals surface area contributed by atoms with Gasteiger partial charge in [0.2, 0.25) is 0 Å². The average molecular weight is 460 g/mol. The third-order valence-electron chi connectivity index (χ3n) is 6.09. The number of benzene rings is 2. The Morgan fingerprint density at radius 1 is 1.06 bits per heavy atom. The van der Waals surface area contributed by atoms with Gasteiger partial charge in [-0.05, 0) is 55.3 Å². The molecule has 1 fully saturated rings. The first-order chi connectivity index (χ1) is 14.9. The van der Waals surface area contributed by atoms with Crippen molar-refractivity contribution >= 4 is 46.2 Å². The first kappa shape index (κ1) is 22.0. The van der Waals surface area contributed by atoms with Crippen LogP contribution in [0.4, 0.5) is 11.4 Å². The molecule has 1 saturated carbocycles. The monoisotopic (exact) mass is 459 g/mol. The zero-order valence-corrected chi connectivity index (χ0v) is 19.1. The number of amides is 1. The van der Waals surface area contributed by atoms with Crippen LogP contribution in [-0.4, -0.2) is 29.3 Å². The van der Waals surface area contributed by atoms with Gasteiger partial charge in [-0.15, -0.1) is 0 Å². The van der Waals surface area contributed by atoms with E-state index >= 15 is 0 Å². The number of phenolic OH excluding ortho intramolecular Hbond substituents is 1. The third kappa shape index (κ3) is 4.83.